The lowest BCUT2D eigenvalue weighted by molar-refractivity contribution is 0.0513. The van der Waals surface area contributed by atoms with Gasteiger partial charge in [-0.25, -0.2) is 19.7 Å². The molecule has 1 N–H and O–H groups in total. The van der Waals surface area contributed by atoms with Crippen molar-refractivity contribution in [1.82, 2.24) is 4.68 Å². The molecule has 0 bridgehead atoms. The zero-order valence-corrected chi connectivity index (χ0v) is 12.1. The first-order valence-electron chi connectivity index (χ1n) is 5.79. The van der Waals surface area contributed by atoms with Gasteiger partial charge in [0, 0.05) is 0 Å². The van der Waals surface area contributed by atoms with Crippen molar-refractivity contribution >= 4 is 23.7 Å². The van der Waals surface area contributed by atoms with E-state index in [9.17, 15) is 9.59 Å². The fourth-order valence-corrected chi connectivity index (χ4v) is 1.48. The van der Waals surface area contributed by atoms with Crippen molar-refractivity contribution in [3.8, 4) is 0 Å². The predicted molar refractivity (Wildman–Crippen MR) is 71.0 cm³/mol. The van der Waals surface area contributed by atoms with E-state index in [-0.39, 0.29) is 17.5 Å². The smallest absolute Gasteiger partial charge is 0.427 e. The largest absolute Gasteiger partial charge is 0.461 e. The molecule has 0 aliphatic carbocycles. The topological polar surface area (TPSA) is 69.6 Å². The summed E-state index contributed by atoms with van der Waals surface area (Å²) in [6.07, 6.45) is -0.712. The fraction of sp³-hybridized carbons (Fsp3) is 0.500. The van der Waals surface area contributed by atoms with Crippen LogP contribution in [0.25, 0.3) is 0 Å². The molecule has 0 saturated heterocycles. The summed E-state index contributed by atoms with van der Waals surface area (Å²) in [7, 11) is 0. The minimum atomic E-state index is -0.712. The van der Waals surface area contributed by atoms with Crippen LogP contribution < -0.4 is 5.43 Å². The molecule has 0 spiro atoms. The number of carbonyl (C=O) groups excluding carboxylic acids is 2. The summed E-state index contributed by atoms with van der Waals surface area (Å²) in [5, 5.41) is 0.175. The Bertz CT molecular complexity index is 477. The van der Waals surface area contributed by atoms with Crippen LogP contribution in [0.3, 0.4) is 0 Å². The standard InChI is InChI=1S/C12H17ClN2O4/c1-5-18-10(16)8-6-7-9(13)15(8)14-11(17)19-12(2,3)4/h6-7H,5H2,1-4H3,(H,14,17). The van der Waals surface area contributed by atoms with Crippen LogP contribution in [0.5, 0.6) is 0 Å². The highest BCUT2D eigenvalue weighted by molar-refractivity contribution is 6.30. The van der Waals surface area contributed by atoms with E-state index in [1.54, 1.807) is 27.7 Å². The number of rotatable bonds is 3. The lowest BCUT2D eigenvalue weighted by atomic mass is 10.2. The molecule has 19 heavy (non-hydrogen) atoms. The third-order valence-electron chi connectivity index (χ3n) is 1.92. The summed E-state index contributed by atoms with van der Waals surface area (Å²) < 4.78 is 11.1. The van der Waals surface area contributed by atoms with Gasteiger partial charge in [-0.3, -0.25) is 0 Å². The monoisotopic (exact) mass is 288 g/mol. The van der Waals surface area contributed by atoms with Crippen molar-refractivity contribution in [3.05, 3.63) is 23.0 Å². The van der Waals surface area contributed by atoms with Gasteiger partial charge in [0.05, 0.1) is 6.61 Å². The molecular weight excluding hydrogens is 272 g/mol. The number of hydrogen-bond acceptors (Lipinski definition) is 4. The molecule has 1 amide bonds. The molecule has 6 nitrogen and oxygen atoms in total. The quantitative estimate of drug-likeness (QED) is 0.868. The first-order chi connectivity index (χ1) is 8.74. The maximum atomic E-state index is 11.7. The van der Waals surface area contributed by atoms with Crippen molar-refractivity contribution in [1.29, 1.82) is 0 Å². The van der Waals surface area contributed by atoms with E-state index in [1.807, 2.05) is 0 Å². The number of halogens is 1. The van der Waals surface area contributed by atoms with Gasteiger partial charge < -0.3 is 9.47 Å². The van der Waals surface area contributed by atoms with Gasteiger partial charge in [0.25, 0.3) is 0 Å². The molecule has 1 heterocycles. The Labute approximate surface area is 116 Å². The van der Waals surface area contributed by atoms with E-state index < -0.39 is 17.7 Å². The van der Waals surface area contributed by atoms with E-state index in [4.69, 9.17) is 21.1 Å². The van der Waals surface area contributed by atoms with Crippen molar-refractivity contribution in [2.75, 3.05) is 12.0 Å². The third kappa shape index (κ3) is 4.48. The number of ether oxygens (including phenoxy) is 2. The Morgan fingerprint density at radius 3 is 2.53 bits per heavy atom. The van der Waals surface area contributed by atoms with Crippen molar-refractivity contribution in [2.24, 2.45) is 0 Å². The highest BCUT2D eigenvalue weighted by Crippen LogP contribution is 2.15. The van der Waals surface area contributed by atoms with Crippen LogP contribution in [0.15, 0.2) is 12.1 Å². The maximum absolute atomic E-state index is 11.7. The SMILES string of the molecule is CCOC(=O)c1ccc(Cl)n1NC(=O)OC(C)(C)C. The van der Waals surface area contributed by atoms with E-state index in [1.165, 1.54) is 12.1 Å². The summed E-state index contributed by atoms with van der Waals surface area (Å²) in [6, 6.07) is 2.93. The van der Waals surface area contributed by atoms with Gasteiger partial charge in [0.1, 0.15) is 16.4 Å². The number of aromatic nitrogens is 1. The highest BCUT2D eigenvalue weighted by Gasteiger charge is 2.20. The average molecular weight is 289 g/mol. The molecule has 1 aromatic rings. The van der Waals surface area contributed by atoms with Crippen LogP contribution in [-0.2, 0) is 9.47 Å². The molecule has 1 rings (SSSR count). The van der Waals surface area contributed by atoms with Crippen LogP contribution in [-0.4, -0.2) is 28.9 Å². The molecule has 7 heteroatoms. The van der Waals surface area contributed by atoms with Crippen molar-refractivity contribution in [3.63, 3.8) is 0 Å². The van der Waals surface area contributed by atoms with Gasteiger partial charge in [-0.15, -0.1) is 0 Å². The second-order valence-corrected chi connectivity index (χ2v) is 5.10. The summed E-state index contributed by atoms with van der Waals surface area (Å²) in [5.74, 6) is -0.578. The highest BCUT2D eigenvalue weighted by atomic mass is 35.5. The van der Waals surface area contributed by atoms with E-state index >= 15 is 0 Å². The fourth-order valence-electron chi connectivity index (χ4n) is 1.28. The number of nitrogens with zero attached hydrogens (tertiary/aromatic N) is 1. The second-order valence-electron chi connectivity index (χ2n) is 4.71. The van der Waals surface area contributed by atoms with Crippen molar-refractivity contribution in [2.45, 2.75) is 33.3 Å². The molecule has 0 atom stereocenters. The summed E-state index contributed by atoms with van der Waals surface area (Å²) >= 11 is 5.89. The molecule has 1 aromatic heterocycles. The van der Waals surface area contributed by atoms with E-state index in [2.05, 4.69) is 5.43 Å². The average Bonchev–Trinajstić information content (AvgIpc) is 2.58. The molecule has 0 saturated carbocycles. The Balaban J connectivity index is 2.86. The number of carbonyl (C=O) groups is 2. The summed E-state index contributed by atoms with van der Waals surface area (Å²) in [4.78, 5) is 23.3. The summed E-state index contributed by atoms with van der Waals surface area (Å²) in [6.45, 7) is 7.12. The Morgan fingerprint density at radius 2 is 2.00 bits per heavy atom. The lowest BCUT2D eigenvalue weighted by Gasteiger charge is -2.20. The summed E-state index contributed by atoms with van der Waals surface area (Å²) in [5.41, 5.74) is 1.86. The predicted octanol–water partition coefficient (Wildman–Crippen LogP) is 2.80. The molecule has 106 valence electrons. The number of amides is 1. The second kappa shape index (κ2) is 5.97. The molecule has 0 aliphatic rings. The van der Waals surface area contributed by atoms with Crippen LogP contribution in [0, 0.1) is 0 Å². The molecule has 0 fully saturated rings. The van der Waals surface area contributed by atoms with Gasteiger partial charge in [-0.05, 0) is 39.8 Å². The number of hydrogen-bond donors (Lipinski definition) is 1. The van der Waals surface area contributed by atoms with Gasteiger partial charge in [-0.2, -0.15) is 0 Å². The number of nitrogens with one attached hydrogen (secondary N) is 1. The lowest BCUT2D eigenvalue weighted by Crippen LogP contribution is -2.33. The van der Waals surface area contributed by atoms with Crippen LogP contribution in [0.1, 0.15) is 38.2 Å². The maximum Gasteiger partial charge on any atom is 0.427 e. The molecule has 0 unspecified atom stereocenters. The Hall–Kier alpha value is -1.69. The van der Waals surface area contributed by atoms with Crippen molar-refractivity contribution < 1.29 is 19.1 Å². The van der Waals surface area contributed by atoms with E-state index in [0.29, 0.717) is 0 Å². The molecule has 0 radical (unpaired) electrons. The van der Waals surface area contributed by atoms with Gasteiger partial charge in [0.15, 0.2) is 0 Å². The normalized spacial score (nSPS) is 11.0. The van der Waals surface area contributed by atoms with Gasteiger partial charge in [-0.1, -0.05) is 11.6 Å². The third-order valence-corrected chi connectivity index (χ3v) is 2.21. The van der Waals surface area contributed by atoms with Gasteiger partial charge >= 0.3 is 12.1 Å². The Kier molecular flexibility index (Phi) is 4.83. The first-order valence-corrected chi connectivity index (χ1v) is 6.16. The van der Waals surface area contributed by atoms with Crippen LogP contribution in [0.4, 0.5) is 4.79 Å². The van der Waals surface area contributed by atoms with Crippen LogP contribution in [0.2, 0.25) is 5.15 Å². The first kappa shape index (κ1) is 15.4. The Morgan fingerprint density at radius 1 is 1.37 bits per heavy atom. The molecule has 0 aliphatic heterocycles. The minimum Gasteiger partial charge on any atom is -0.461 e. The van der Waals surface area contributed by atoms with E-state index in [0.717, 1.165) is 4.68 Å². The molecule has 0 aromatic carbocycles. The molecular formula is C12H17ClN2O4. The number of esters is 1. The minimum absolute atomic E-state index is 0.123. The van der Waals surface area contributed by atoms with Crippen LogP contribution >= 0.6 is 11.6 Å². The zero-order chi connectivity index (χ0) is 14.6. The van der Waals surface area contributed by atoms with Gasteiger partial charge in [0.2, 0.25) is 0 Å². The zero-order valence-electron chi connectivity index (χ0n) is 11.3.